The average molecular weight is 292 g/mol. The molecule has 0 aromatic heterocycles. The second kappa shape index (κ2) is 8.00. The van der Waals surface area contributed by atoms with Gasteiger partial charge in [-0.2, -0.15) is 0 Å². The normalized spacial score (nSPS) is 18.5. The molecule has 0 radical (unpaired) electrons. The van der Waals surface area contributed by atoms with Crippen LogP contribution in [0.25, 0.3) is 0 Å². The molecule has 0 spiro atoms. The van der Waals surface area contributed by atoms with Crippen molar-refractivity contribution in [1.29, 1.82) is 0 Å². The molecule has 116 valence electrons. The Hall–Kier alpha value is -1.59. The van der Waals surface area contributed by atoms with Crippen LogP contribution in [0, 0.1) is 0 Å². The number of fused-ring (bicyclic) bond motifs is 1. The third-order valence-electron chi connectivity index (χ3n) is 3.63. The van der Waals surface area contributed by atoms with Gasteiger partial charge < -0.3 is 14.8 Å². The van der Waals surface area contributed by atoms with Gasteiger partial charge >= 0.3 is 0 Å². The molecule has 1 aromatic carbocycles. The van der Waals surface area contributed by atoms with Crippen LogP contribution in [0.15, 0.2) is 24.3 Å². The van der Waals surface area contributed by atoms with E-state index < -0.39 is 0 Å². The Morgan fingerprint density at radius 1 is 1.48 bits per heavy atom. The Morgan fingerprint density at radius 3 is 3.10 bits per heavy atom. The molecule has 2 N–H and O–H groups in total. The monoisotopic (exact) mass is 292 g/mol. The fourth-order valence-corrected chi connectivity index (χ4v) is 2.47. The lowest BCUT2D eigenvalue weighted by Crippen LogP contribution is -2.45. The molecule has 0 saturated carbocycles. The Kier molecular flexibility index (Phi) is 6.02. The first kappa shape index (κ1) is 15.8. The third-order valence-corrected chi connectivity index (χ3v) is 3.63. The Balaban J connectivity index is 1.85. The summed E-state index contributed by atoms with van der Waals surface area (Å²) in [4.78, 5) is 12.0. The standard InChI is InChI=1S/C16H24N2O3/c1-12(16(19)17-9-5-10-20-2)18-14-8-11-21-15-7-4-3-6-13(14)15/h3-4,6-7,12,14,18H,5,8-11H2,1-2H3,(H,17,19). The first-order valence-corrected chi connectivity index (χ1v) is 7.47. The van der Waals surface area contributed by atoms with Gasteiger partial charge in [-0.3, -0.25) is 10.1 Å². The molecule has 2 atom stereocenters. The molecule has 21 heavy (non-hydrogen) atoms. The maximum absolute atomic E-state index is 12.0. The van der Waals surface area contributed by atoms with E-state index in [-0.39, 0.29) is 18.0 Å². The van der Waals surface area contributed by atoms with Crippen LogP contribution in [0.4, 0.5) is 0 Å². The summed E-state index contributed by atoms with van der Waals surface area (Å²) >= 11 is 0. The fourth-order valence-electron chi connectivity index (χ4n) is 2.47. The summed E-state index contributed by atoms with van der Waals surface area (Å²) in [6.07, 6.45) is 1.70. The molecule has 0 aliphatic carbocycles. The summed E-state index contributed by atoms with van der Waals surface area (Å²) in [5, 5.41) is 6.31. The van der Waals surface area contributed by atoms with E-state index in [0.717, 1.165) is 24.2 Å². The number of ether oxygens (including phenoxy) is 2. The summed E-state index contributed by atoms with van der Waals surface area (Å²) < 4.78 is 10.6. The van der Waals surface area contributed by atoms with E-state index in [1.54, 1.807) is 7.11 Å². The molecule has 0 fully saturated rings. The maximum atomic E-state index is 12.0. The van der Waals surface area contributed by atoms with Crippen molar-refractivity contribution in [2.24, 2.45) is 0 Å². The van der Waals surface area contributed by atoms with Crippen molar-refractivity contribution >= 4 is 5.91 Å². The maximum Gasteiger partial charge on any atom is 0.236 e. The minimum Gasteiger partial charge on any atom is -0.493 e. The molecule has 5 heteroatoms. The van der Waals surface area contributed by atoms with Gasteiger partial charge in [0.05, 0.1) is 12.6 Å². The summed E-state index contributed by atoms with van der Waals surface area (Å²) in [6, 6.07) is 7.91. The lowest BCUT2D eigenvalue weighted by Gasteiger charge is -2.29. The minimum absolute atomic E-state index is 0.0232. The quantitative estimate of drug-likeness (QED) is 0.750. The third kappa shape index (κ3) is 4.44. The highest BCUT2D eigenvalue weighted by Crippen LogP contribution is 2.31. The van der Waals surface area contributed by atoms with Gasteiger partial charge in [-0.15, -0.1) is 0 Å². The van der Waals surface area contributed by atoms with Crippen LogP contribution in [0.5, 0.6) is 5.75 Å². The second-order valence-electron chi connectivity index (χ2n) is 5.25. The van der Waals surface area contributed by atoms with Crippen LogP contribution >= 0.6 is 0 Å². The zero-order valence-corrected chi connectivity index (χ0v) is 12.7. The summed E-state index contributed by atoms with van der Waals surface area (Å²) in [7, 11) is 1.66. The topological polar surface area (TPSA) is 59.6 Å². The molecule has 2 unspecified atom stereocenters. The number of hydrogen-bond donors (Lipinski definition) is 2. The molecule has 1 amide bonds. The highest BCUT2D eigenvalue weighted by molar-refractivity contribution is 5.81. The van der Waals surface area contributed by atoms with E-state index in [0.29, 0.717) is 19.8 Å². The Bertz CT molecular complexity index is 465. The summed E-state index contributed by atoms with van der Waals surface area (Å²) in [5.74, 6) is 0.934. The zero-order chi connectivity index (χ0) is 15.1. The largest absolute Gasteiger partial charge is 0.493 e. The van der Waals surface area contributed by atoms with Crippen molar-refractivity contribution in [2.45, 2.75) is 31.8 Å². The smallest absolute Gasteiger partial charge is 0.236 e. The van der Waals surface area contributed by atoms with E-state index in [2.05, 4.69) is 16.7 Å². The number of carbonyl (C=O) groups excluding carboxylic acids is 1. The van der Waals surface area contributed by atoms with E-state index in [1.165, 1.54) is 0 Å². The zero-order valence-electron chi connectivity index (χ0n) is 12.7. The van der Waals surface area contributed by atoms with Crippen LogP contribution in [0.2, 0.25) is 0 Å². The molecule has 5 nitrogen and oxygen atoms in total. The van der Waals surface area contributed by atoms with Gasteiger partial charge in [-0.05, 0) is 19.4 Å². The Morgan fingerprint density at radius 2 is 2.29 bits per heavy atom. The highest BCUT2D eigenvalue weighted by atomic mass is 16.5. The lowest BCUT2D eigenvalue weighted by molar-refractivity contribution is -0.123. The molecule has 1 aliphatic heterocycles. The summed E-state index contributed by atoms with van der Waals surface area (Å²) in [5.41, 5.74) is 1.13. The average Bonchev–Trinajstić information content (AvgIpc) is 2.51. The molecular weight excluding hydrogens is 268 g/mol. The van der Waals surface area contributed by atoms with E-state index >= 15 is 0 Å². The van der Waals surface area contributed by atoms with Gasteiger partial charge in [-0.1, -0.05) is 18.2 Å². The first-order valence-electron chi connectivity index (χ1n) is 7.47. The van der Waals surface area contributed by atoms with Gasteiger partial charge in [0.1, 0.15) is 5.75 Å². The molecule has 2 rings (SSSR count). The number of carbonyl (C=O) groups is 1. The van der Waals surface area contributed by atoms with Crippen LogP contribution in [0.1, 0.15) is 31.4 Å². The van der Waals surface area contributed by atoms with Crippen molar-refractivity contribution in [3.05, 3.63) is 29.8 Å². The van der Waals surface area contributed by atoms with E-state index in [1.807, 2.05) is 25.1 Å². The fraction of sp³-hybridized carbons (Fsp3) is 0.562. The predicted octanol–water partition coefficient (Wildman–Crippen LogP) is 1.64. The van der Waals surface area contributed by atoms with Crippen LogP contribution in [-0.2, 0) is 9.53 Å². The second-order valence-corrected chi connectivity index (χ2v) is 5.25. The van der Waals surface area contributed by atoms with Crippen LogP contribution in [0.3, 0.4) is 0 Å². The summed E-state index contributed by atoms with van der Waals surface area (Å²) in [6.45, 7) is 3.87. The molecule has 1 aromatic rings. The SMILES string of the molecule is COCCCNC(=O)C(C)NC1CCOc2ccccc21. The molecule has 0 saturated heterocycles. The van der Waals surface area contributed by atoms with Gasteiger partial charge in [-0.25, -0.2) is 0 Å². The minimum atomic E-state index is -0.233. The number of para-hydroxylation sites is 1. The van der Waals surface area contributed by atoms with Gasteiger partial charge in [0.25, 0.3) is 0 Å². The number of benzene rings is 1. The predicted molar refractivity (Wildman–Crippen MR) is 81.4 cm³/mol. The highest BCUT2D eigenvalue weighted by Gasteiger charge is 2.24. The number of amides is 1. The van der Waals surface area contributed by atoms with E-state index in [9.17, 15) is 4.79 Å². The van der Waals surface area contributed by atoms with Crippen LogP contribution in [-0.4, -0.2) is 38.8 Å². The molecule has 1 aliphatic rings. The first-order chi connectivity index (χ1) is 10.2. The number of methoxy groups -OCH3 is 1. The Labute approximate surface area is 126 Å². The van der Waals surface area contributed by atoms with Crippen LogP contribution < -0.4 is 15.4 Å². The number of hydrogen-bond acceptors (Lipinski definition) is 4. The molecule has 0 bridgehead atoms. The van der Waals surface area contributed by atoms with Crippen molar-refractivity contribution in [1.82, 2.24) is 10.6 Å². The lowest BCUT2D eigenvalue weighted by atomic mass is 10.00. The molecular formula is C16H24N2O3. The van der Waals surface area contributed by atoms with Crippen molar-refractivity contribution in [2.75, 3.05) is 26.9 Å². The van der Waals surface area contributed by atoms with Crippen molar-refractivity contribution in [3.8, 4) is 5.75 Å². The van der Waals surface area contributed by atoms with Gasteiger partial charge in [0.2, 0.25) is 5.91 Å². The number of rotatable bonds is 7. The van der Waals surface area contributed by atoms with E-state index in [4.69, 9.17) is 9.47 Å². The van der Waals surface area contributed by atoms with Crippen molar-refractivity contribution < 1.29 is 14.3 Å². The molecule has 1 heterocycles. The number of nitrogens with one attached hydrogen (secondary N) is 2. The van der Waals surface area contributed by atoms with Crippen molar-refractivity contribution in [3.63, 3.8) is 0 Å². The van der Waals surface area contributed by atoms with Gasteiger partial charge in [0, 0.05) is 38.3 Å². The van der Waals surface area contributed by atoms with Gasteiger partial charge in [0.15, 0.2) is 0 Å².